The van der Waals surface area contributed by atoms with E-state index in [-0.39, 0.29) is 17.6 Å². The molecule has 0 bridgehead atoms. The molecule has 0 saturated heterocycles. The van der Waals surface area contributed by atoms with Crippen LogP contribution in [0.1, 0.15) is 54.8 Å². The van der Waals surface area contributed by atoms with Crippen molar-refractivity contribution in [2.24, 2.45) is 0 Å². The van der Waals surface area contributed by atoms with Gasteiger partial charge in [-0.3, -0.25) is 9.36 Å². The average molecular weight is 432 g/mol. The van der Waals surface area contributed by atoms with Gasteiger partial charge in [-0.15, -0.1) is 10.2 Å². The molecule has 1 saturated carbocycles. The molecule has 5 rings (SSSR count). The van der Waals surface area contributed by atoms with Crippen LogP contribution in [0.2, 0.25) is 0 Å². The van der Waals surface area contributed by atoms with Crippen molar-refractivity contribution in [3.8, 4) is 17.3 Å². The number of hydrogen-bond acceptors (Lipinski definition) is 6. The predicted octanol–water partition coefficient (Wildman–Crippen LogP) is 3.77. The van der Waals surface area contributed by atoms with E-state index in [0.717, 1.165) is 18.5 Å². The molecule has 0 aliphatic heterocycles. The summed E-state index contributed by atoms with van der Waals surface area (Å²) in [6.45, 7) is 4.00. The Labute approximate surface area is 183 Å². The van der Waals surface area contributed by atoms with Crippen LogP contribution in [0.25, 0.3) is 17.3 Å². The lowest BCUT2D eigenvalue weighted by atomic mass is 10.2. The van der Waals surface area contributed by atoms with E-state index in [4.69, 9.17) is 0 Å². The third-order valence-electron chi connectivity index (χ3n) is 5.27. The Hall–Kier alpha value is -3.95. The SMILES string of the molecule is CC(C)n1cnnc1-c1cccc(C(=O)Nc2nc(-n3cnc(C4CC4)c3)ccc2F)n1. The van der Waals surface area contributed by atoms with Gasteiger partial charge in [-0.1, -0.05) is 6.07 Å². The number of carbonyl (C=O) groups excluding carboxylic acids is 1. The van der Waals surface area contributed by atoms with E-state index < -0.39 is 11.7 Å². The first-order chi connectivity index (χ1) is 15.5. The summed E-state index contributed by atoms with van der Waals surface area (Å²) in [4.78, 5) is 25.9. The van der Waals surface area contributed by atoms with Crippen LogP contribution in [0.15, 0.2) is 49.2 Å². The number of pyridine rings is 2. The summed E-state index contributed by atoms with van der Waals surface area (Å²) in [5, 5.41) is 10.6. The molecule has 1 amide bonds. The van der Waals surface area contributed by atoms with Gasteiger partial charge in [-0.2, -0.15) is 0 Å². The number of carbonyl (C=O) groups is 1. The number of aromatic nitrogens is 7. The number of anilines is 1. The molecule has 4 aromatic heterocycles. The normalized spacial score (nSPS) is 13.5. The molecule has 9 nitrogen and oxygen atoms in total. The van der Waals surface area contributed by atoms with Gasteiger partial charge in [0.2, 0.25) is 0 Å². The van der Waals surface area contributed by atoms with E-state index in [1.54, 1.807) is 41.5 Å². The lowest BCUT2D eigenvalue weighted by molar-refractivity contribution is 0.102. The Morgan fingerprint density at radius 2 is 2.00 bits per heavy atom. The van der Waals surface area contributed by atoms with E-state index >= 15 is 0 Å². The third-order valence-corrected chi connectivity index (χ3v) is 5.27. The van der Waals surface area contributed by atoms with Gasteiger partial charge in [-0.05, 0) is 51.0 Å². The minimum Gasteiger partial charge on any atom is -0.310 e. The van der Waals surface area contributed by atoms with Crippen LogP contribution in [0.5, 0.6) is 0 Å². The van der Waals surface area contributed by atoms with E-state index in [1.165, 1.54) is 6.07 Å². The van der Waals surface area contributed by atoms with Gasteiger partial charge in [0.1, 0.15) is 29.9 Å². The summed E-state index contributed by atoms with van der Waals surface area (Å²) in [7, 11) is 0. The molecule has 4 heterocycles. The fourth-order valence-corrected chi connectivity index (χ4v) is 3.38. The summed E-state index contributed by atoms with van der Waals surface area (Å²) < 4.78 is 18.0. The lowest BCUT2D eigenvalue weighted by Crippen LogP contribution is -2.17. The van der Waals surface area contributed by atoms with Crippen molar-refractivity contribution in [3.05, 3.63) is 66.4 Å². The van der Waals surface area contributed by atoms with Crippen LogP contribution in [-0.4, -0.2) is 40.2 Å². The second-order valence-corrected chi connectivity index (χ2v) is 8.00. The van der Waals surface area contributed by atoms with Crippen LogP contribution >= 0.6 is 0 Å². The zero-order chi connectivity index (χ0) is 22.2. The average Bonchev–Trinajstić information content (AvgIpc) is 3.31. The van der Waals surface area contributed by atoms with Gasteiger partial charge in [0.25, 0.3) is 5.91 Å². The maximum absolute atomic E-state index is 14.4. The van der Waals surface area contributed by atoms with Crippen molar-refractivity contribution in [1.29, 1.82) is 0 Å². The summed E-state index contributed by atoms with van der Waals surface area (Å²) in [5.74, 6) is 0.124. The second-order valence-electron chi connectivity index (χ2n) is 8.00. The molecule has 1 fully saturated rings. The first-order valence-corrected chi connectivity index (χ1v) is 10.4. The largest absolute Gasteiger partial charge is 0.310 e. The Balaban J connectivity index is 1.39. The lowest BCUT2D eigenvalue weighted by Gasteiger charge is -2.11. The summed E-state index contributed by atoms with van der Waals surface area (Å²) in [6, 6.07) is 7.93. The third kappa shape index (κ3) is 3.86. The maximum Gasteiger partial charge on any atom is 0.275 e. The molecule has 0 unspecified atom stereocenters. The van der Waals surface area contributed by atoms with E-state index in [2.05, 4.69) is 30.5 Å². The Morgan fingerprint density at radius 1 is 1.16 bits per heavy atom. The Morgan fingerprint density at radius 3 is 2.78 bits per heavy atom. The Bertz CT molecular complexity index is 1290. The van der Waals surface area contributed by atoms with Crippen LogP contribution < -0.4 is 5.32 Å². The number of rotatable bonds is 6. The monoisotopic (exact) mass is 432 g/mol. The highest BCUT2D eigenvalue weighted by molar-refractivity contribution is 6.02. The molecule has 162 valence electrons. The Kier molecular flexibility index (Phi) is 4.96. The smallest absolute Gasteiger partial charge is 0.275 e. The fraction of sp³-hybridized carbons (Fsp3) is 0.273. The molecule has 0 spiro atoms. The summed E-state index contributed by atoms with van der Waals surface area (Å²) in [5.41, 5.74) is 1.61. The molecule has 32 heavy (non-hydrogen) atoms. The molecule has 1 N–H and O–H groups in total. The zero-order valence-corrected chi connectivity index (χ0v) is 17.6. The van der Waals surface area contributed by atoms with Crippen LogP contribution in [0, 0.1) is 5.82 Å². The van der Waals surface area contributed by atoms with E-state index in [1.807, 2.05) is 24.6 Å². The number of nitrogens with one attached hydrogen (secondary N) is 1. The number of hydrogen-bond donors (Lipinski definition) is 1. The second kappa shape index (κ2) is 7.95. The minimum absolute atomic E-state index is 0.117. The highest BCUT2D eigenvalue weighted by Crippen LogP contribution is 2.39. The van der Waals surface area contributed by atoms with Crippen molar-refractivity contribution in [3.63, 3.8) is 0 Å². The highest BCUT2D eigenvalue weighted by Gasteiger charge is 2.26. The quantitative estimate of drug-likeness (QED) is 0.497. The van der Waals surface area contributed by atoms with Crippen molar-refractivity contribution in [1.82, 2.24) is 34.3 Å². The van der Waals surface area contributed by atoms with Gasteiger partial charge in [0.05, 0.1) is 5.69 Å². The number of nitrogens with zero attached hydrogens (tertiary/aromatic N) is 7. The summed E-state index contributed by atoms with van der Waals surface area (Å²) in [6.07, 6.45) is 7.42. The number of amides is 1. The molecular formula is C22H21FN8O. The number of imidazole rings is 1. The fourth-order valence-electron chi connectivity index (χ4n) is 3.38. The molecule has 0 aromatic carbocycles. The van der Waals surface area contributed by atoms with Crippen LogP contribution in [0.4, 0.5) is 10.2 Å². The van der Waals surface area contributed by atoms with Crippen molar-refractivity contribution in [2.75, 3.05) is 5.32 Å². The van der Waals surface area contributed by atoms with Gasteiger partial charge in [0, 0.05) is 18.2 Å². The standard InChI is InChI=1S/C22H21FN8O/c1-13(2)31-12-25-29-21(31)16-4-3-5-17(26-16)22(32)28-20-15(23)8-9-19(27-20)30-10-18(24-11-30)14-6-7-14/h3-5,8-14H,6-7H2,1-2H3,(H,27,28,32). The maximum atomic E-state index is 14.4. The molecule has 1 aliphatic rings. The molecular weight excluding hydrogens is 411 g/mol. The predicted molar refractivity (Wildman–Crippen MR) is 115 cm³/mol. The molecule has 0 radical (unpaired) electrons. The first kappa shape index (κ1) is 20.0. The zero-order valence-electron chi connectivity index (χ0n) is 17.6. The van der Waals surface area contributed by atoms with Crippen LogP contribution in [-0.2, 0) is 0 Å². The molecule has 1 aliphatic carbocycles. The van der Waals surface area contributed by atoms with Crippen molar-refractivity contribution >= 4 is 11.7 Å². The van der Waals surface area contributed by atoms with Gasteiger partial charge >= 0.3 is 0 Å². The summed E-state index contributed by atoms with van der Waals surface area (Å²) >= 11 is 0. The van der Waals surface area contributed by atoms with Gasteiger partial charge in [0.15, 0.2) is 17.5 Å². The minimum atomic E-state index is -0.639. The van der Waals surface area contributed by atoms with Crippen molar-refractivity contribution < 1.29 is 9.18 Å². The van der Waals surface area contributed by atoms with Gasteiger partial charge in [-0.25, -0.2) is 19.3 Å². The van der Waals surface area contributed by atoms with Crippen LogP contribution in [0.3, 0.4) is 0 Å². The molecule has 4 aromatic rings. The highest BCUT2D eigenvalue weighted by atomic mass is 19.1. The van der Waals surface area contributed by atoms with E-state index in [0.29, 0.717) is 23.3 Å². The molecule has 10 heteroatoms. The number of halogens is 1. The van der Waals surface area contributed by atoms with Gasteiger partial charge < -0.3 is 9.88 Å². The molecule has 0 atom stereocenters. The van der Waals surface area contributed by atoms with E-state index in [9.17, 15) is 9.18 Å². The van der Waals surface area contributed by atoms with Crippen molar-refractivity contribution in [2.45, 2.75) is 38.6 Å². The topological polar surface area (TPSA) is 103 Å². The first-order valence-electron chi connectivity index (χ1n) is 10.4.